The van der Waals surface area contributed by atoms with Gasteiger partial charge in [0.25, 0.3) is 0 Å². The third-order valence-corrected chi connectivity index (χ3v) is 13.1. The number of benzene rings is 4. The van der Waals surface area contributed by atoms with Gasteiger partial charge in [0.05, 0.1) is 13.7 Å². The molecule has 1 radical (unpaired) electrons. The molecule has 0 atom stereocenters. The van der Waals surface area contributed by atoms with E-state index in [9.17, 15) is 0 Å². The van der Waals surface area contributed by atoms with Gasteiger partial charge in [-0.05, 0) is 63.2 Å². The van der Waals surface area contributed by atoms with Crippen LogP contribution in [0, 0.1) is 31.9 Å². The molecule has 1 aliphatic carbocycles. The number of aryl methyl sites for hydroxylation is 2. The van der Waals surface area contributed by atoms with Crippen LogP contribution in [-0.2, 0) is 31.9 Å². The van der Waals surface area contributed by atoms with Crippen molar-refractivity contribution in [3.8, 4) is 33.6 Å². The fourth-order valence-electron chi connectivity index (χ4n) is 7.99. The van der Waals surface area contributed by atoms with Gasteiger partial charge in [-0.15, -0.1) is 53.1 Å². The van der Waals surface area contributed by atoms with E-state index in [4.69, 9.17) is 9.40 Å². The molecule has 3 heterocycles. The first-order valence-electron chi connectivity index (χ1n) is 19.7. The van der Waals surface area contributed by atoms with Crippen LogP contribution in [0.25, 0.3) is 55.6 Å². The Morgan fingerprint density at radius 3 is 2.22 bits per heavy atom. The molecular weight excluding hydrogens is 865 g/mol. The Hall–Kier alpha value is -4.15. The molecule has 0 saturated heterocycles. The Bertz CT molecular complexity index is 2390. The van der Waals surface area contributed by atoms with Crippen LogP contribution in [0.5, 0.6) is 0 Å². The van der Waals surface area contributed by atoms with Crippen LogP contribution in [-0.4, -0.2) is 18.0 Å². The number of hydrogen-bond donors (Lipinski definition) is 0. The van der Waals surface area contributed by atoms with Crippen LogP contribution in [0.3, 0.4) is 0 Å². The number of rotatable bonds is 6. The van der Waals surface area contributed by atoms with Crippen LogP contribution in [0.4, 0.5) is 0 Å². The van der Waals surface area contributed by atoms with E-state index in [1.807, 2.05) is 18.3 Å². The van der Waals surface area contributed by atoms with Crippen LogP contribution >= 0.6 is 0 Å². The minimum atomic E-state index is -1.38. The Labute approximate surface area is 343 Å². The number of nitrogens with zero attached hydrogens (tertiary/aromatic N) is 2. The average Bonchev–Trinajstić information content (AvgIpc) is 3.53. The zero-order valence-electron chi connectivity index (χ0n) is 33.8. The second kappa shape index (κ2) is 16.9. The van der Waals surface area contributed by atoms with Gasteiger partial charge in [-0.1, -0.05) is 157 Å². The van der Waals surface area contributed by atoms with Gasteiger partial charge < -0.3 is 14.4 Å². The largest absolute Gasteiger partial charge is 0.501 e. The first-order chi connectivity index (χ1) is 25.8. The standard InChI is InChI=1S/C27H22NO.C23H32NSi.Ir/c1-27(2,3)20-14-15-28-24(17-20)23-11-7-10-22-21-13-12-19(16-25(21)29-26(22)23)18-8-5-4-6-9-18;1-17-11-12-21(18(2)13-17)22-15-20(14-19-9-7-6-8-10-19)23(16-24-22)25(3,4)5;/h4-10,12-17H,1-3H3;11,13,15-16,19H,6-10,14H2,1-5H3;/q2*-1;. The SMILES string of the molecule is CC(C)(C)c1ccnc(-c2[c-]ccc3c2oc2cc(-c4ccccc4)ccc23)c1.Cc1c[c-]c(-c2cc(CC3CCCCC3)c([Si](C)(C)C)cn2)c(C)c1.[Ir]. The number of hydrogen-bond acceptors (Lipinski definition) is 3. The van der Waals surface area contributed by atoms with Crippen LogP contribution in [0.1, 0.15) is 75.1 Å². The quantitative estimate of drug-likeness (QED) is 0.123. The Morgan fingerprint density at radius 1 is 0.764 bits per heavy atom. The van der Waals surface area contributed by atoms with Crippen LogP contribution in [0.2, 0.25) is 19.6 Å². The summed E-state index contributed by atoms with van der Waals surface area (Å²) in [5, 5.41) is 3.75. The minimum Gasteiger partial charge on any atom is -0.501 e. The molecule has 7 aromatic rings. The molecule has 0 aliphatic heterocycles. The van der Waals surface area contributed by atoms with Crippen LogP contribution in [0.15, 0.2) is 108 Å². The molecule has 0 spiro atoms. The maximum atomic E-state index is 6.35. The number of pyridine rings is 2. The predicted octanol–water partition coefficient (Wildman–Crippen LogP) is 13.2. The third-order valence-electron chi connectivity index (χ3n) is 11.0. The molecule has 0 amide bonds. The van der Waals surface area contributed by atoms with Crippen molar-refractivity contribution in [1.82, 2.24) is 9.97 Å². The molecule has 0 bridgehead atoms. The van der Waals surface area contributed by atoms with Crippen molar-refractivity contribution in [2.24, 2.45) is 5.92 Å². The number of aromatic nitrogens is 2. The third kappa shape index (κ3) is 9.29. The van der Waals surface area contributed by atoms with E-state index in [1.165, 1.54) is 60.8 Å². The topological polar surface area (TPSA) is 38.9 Å². The van der Waals surface area contributed by atoms with Crippen molar-refractivity contribution in [3.63, 3.8) is 0 Å². The normalized spacial score (nSPS) is 13.7. The van der Waals surface area contributed by atoms with Gasteiger partial charge in [-0.2, -0.15) is 0 Å². The predicted molar refractivity (Wildman–Crippen MR) is 231 cm³/mol. The summed E-state index contributed by atoms with van der Waals surface area (Å²) in [7, 11) is -1.38. The van der Waals surface area contributed by atoms with Gasteiger partial charge in [0, 0.05) is 37.9 Å². The summed E-state index contributed by atoms with van der Waals surface area (Å²) in [5.74, 6) is 0.863. The Morgan fingerprint density at radius 2 is 1.51 bits per heavy atom. The van der Waals surface area contributed by atoms with Gasteiger partial charge in [0.1, 0.15) is 5.58 Å². The average molecular weight is 919 g/mol. The molecule has 1 saturated carbocycles. The second-order valence-corrected chi connectivity index (χ2v) is 22.4. The molecule has 55 heavy (non-hydrogen) atoms. The summed E-state index contributed by atoms with van der Waals surface area (Å²) >= 11 is 0. The molecule has 0 N–H and O–H groups in total. The first-order valence-corrected chi connectivity index (χ1v) is 23.2. The molecule has 3 nitrogen and oxygen atoms in total. The maximum absolute atomic E-state index is 6.35. The van der Waals surface area contributed by atoms with Crippen LogP contribution < -0.4 is 5.19 Å². The van der Waals surface area contributed by atoms with Crippen molar-refractivity contribution in [3.05, 3.63) is 138 Å². The zero-order valence-corrected chi connectivity index (χ0v) is 37.2. The first kappa shape index (κ1) is 40.5. The fourth-order valence-corrected chi connectivity index (χ4v) is 9.58. The smallest absolute Gasteiger partial charge is 0.121 e. The van der Waals surface area contributed by atoms with E-state index in [1.54, 1.807) is 10.8 Å². The molecule has 3 aromatic heterocycles. The van der Waals surface area contributed by atoms with E-state index in [0.29, 0.717) is 0 Å². The van der Waals surface area contributed by atoms with Crippen molar-refractivity contribution >= 4 is 35.2 Å². The number of furan rings is 1. The fraction of sp³-hybridized carbons (Fsp3) is 0.320. The number of fused-ring (bicyclic) bond motifs is 3. The van der Waals surface area contributed by atoms with Crippen molar-refractivity contribution in [1.29, 1.82) is 0 Å². The van der Waals surface area contributed by atoms with E-state index in [2.05, 4.69) is 156 Å². The zero-order chi connectivity index (χ0) is 38.0. The molecule has 285 valence electrons. The monoisotopic (exact) mass is 919 g/mol. The van der Waals surface area contributed by atoms with E-state index in [-0.39, 0.29) is 25.5 Å². The van der Waals surface area contributed by atoms with Crippen molar-refractivity contribution in [2.45, 2.75) is 98.2 Å². The van der Waals surface area contributed by atoms with E-state index in [0.717, 1.165) is 55.9 Å². The summed E-state index contributed by atoms with van der Waals surface area (Å²) in [6.45, 7) is 18.3. The van der Waals surface area contributed by atoms with Crippen molar-refractivity contribution in [2.75, 3.05) is 0 Å². The summed E-state index contributed by atoms with van der Waals surface area (Å²) in [6.07, 6.45) is 12.4. The van der Waals surface area contributed by atoms with Gasteiger partial charge in [-0.25, -0.2) is 0 Å². The minimum absolute atomic E-state index is 0. The van der Waals surface area contributed by atoms with Gasteiger partial charge in [0.15, 0.2) is 0 Å². The van der Waals surface area contributed by atoms with E-state index >= 15 is 0 Å². The molecule has 0 unspecified atom stereocenters. The van der Waals surface area contributed by atoms with Gasteiger partial charge >= 0.3 is 0 Å². The summed E-state index contributed by atoms with van der Waals surface area (Å²) in [5.41, 5.74) is 13.5. The van der Waals surface area contributed by atoms with Gasteiger partial charge in [0.2, 0.25) is 0 Å². The molecule has 1 fully saturated rings. The molecule has 4 aromatic carbocycles. The summed E-state index contributed by atoms with van der Waals surface area (Å²) < 4.78 is 6.35. The molecular formula is C50H54IrN2OSi-2. The summed E-state index contributed by atoms with van der Waals surface area (Å²) in [4.78, 5) is 9.48. The second-order valence-electron chi connectivity index (χ2n) is 17.4. The Kier molecular flexibility index (Phi) is 12.5. The van der Waals surface area contributed by atoms with E-state index < -0.39 is 8.07 Å². The molecule has 8 rings (SSSR count). The molecule has 1 aliphatic rings. The van der Waals surface area contributed by atoms with Crippen molar-refractivity contribution < 1.29 is 24.5 Å². The summed E-state index contributed by atoms with van der Waals surface area (Å²) in [6, 6.07) is 38.6. The molecule has 5 heteroatoms. The van der Waals surface area contributed by atoms with Gasteiger partial charge in [-0.3, -0.25) is 0 Å². The Balaban J connectivity index is 0.000000186. The maximum Gasteiger partial charge on any atom is 0.121 e.